The van der Waals surface area contributed by atoms with E-state index >= 15 is 0 Å². The molecule has 1 nitrogen and oxygen atoms in total. The number of rotatable bonds is 2. The molecule has 9 heavy (non-hydrogen) atoms. The molecule has 0 atom stereocenters. The molecule has 1 rings (SSSR count). The minimum Gasteiger partial charge on any atom is -0.285 e. The van der Waals surface area contributed by atoms with E-state index < -0.39 is 0 Å². The summed E-state index contributed by atoms with van der Waals surface area (Å²) in [5.41, 5.74) is 0. The largest absolute Gasteiger partial charge is 0.285 e. The van der Waals surface area contributed by atoms with Crippen LogP contribution in [0.1, 0.15) is 13.3 Å². The Kier molecular flexibility index (Phi) is 3.86. The van der Waals surface area contributed by atoms with Crippen LogP contribution in [0.15, 0.2) is 0 Å². The van der Waals surface area contributed by atoms with E-state index in [1.807, 2.05) is 23.5 Å². The van der Waals surface area contributed by atoms with E-state index in [9.17, 15) is 0 Å². The summed E-state index contributed by atoms with van der Waals surface area (Å²) < 4.78 is 0. The molecule has 0 spiro atoms. The summed E-state index contributed by atoms with van der Waals surface area (Å²) in [6.45, 7) is 3.52. The molecule has 0 bridgehead atoms. The van der Waals surface area contributed by atoms with Gasteiger partial charge in [-0.25, -0.2) is 0 Å². The van der Waals surface area contributed by atoms with E-state index in [1.54, 1.807) is 0 Å². The van der Waals surface area contributed by atoms with Crippen LogP contribution in [0.25, 0.3) is 0 Å². The Hall–Kier alpha value is 0.660. The molecular weight excluding hydrogens is 150 g/mol. The van der Waals surface area contributed by atoms with Crippen LogP contribution < -0.4 is 0 Å². The van der Waals surface area contributed by atoms with Crippen molar-refractivity contribution in [2.45, 2.75) is 13.3 Å². The highest BCUT2D eigenvalue weighted by molar-refractivity contribution is 8.16. The van der Waals surface area contributed by atoms with Crippen LogP contribution in [-0.2, 0) is 0 Å². The molecule has 0 aromatic carbocycles. The van der Waals surface area contributed by atoms with E-state index in [2.05, 4.69) is 11.8 Å². The second kappa shape index (κ2) is 4.47. The highest BCUT2D eigenvalue weighted by Crippen LogP contribution is 2.21. The van der Waals surface area contributed by atoms with Crippen LogP contribution in [0.4, 0.5) is 0 Å². The van der Waals surface area contributed by atoms with Gasteiger partial charge in [-0.15, -0.1) is 23.5 Å². The van der Waals surface area contributed by atoms with Gasteiger partial charge >= 0.3 is 0 Å². The molecule has 0 unspecified atom stereocenters. The monoisotopic (exact) mass is 163 g/mol. The van der Waals surface area contributed by atoms with Gasteiger partial charge in [-0.2, -0.15) is 0 Å². The Labute approximate surface area is 65.6 Å². The van der Waals surface area contributed by atoms with Gasteiger partial charge in [0.25, 0.3) is 0 Å². The maximum Gasteiger partial charge on any atom is 0.0460 e. The third kappa shape index (κ3) is 2.83. The van der Waals surface area contributed by atoms with Crippen LogP contribution >= 0.6 is 23.5 Å². The van der Waals surface area contributed by atoms with Crippen molar-refractivity contribution in [3.05, 3.63) is 0 Å². The van der Waals surface area contributed by atoms with Crippen LogP contribution in [0.5, 0.6) is 0 Å². The van der Waals surface area contributed by atoms with Crippen molar-refractivity contribution in [2.24, 2.45) is 0 Å². The SMILES string of the molecule is CCCN1CSCSC1. The van der Waals surface area contributed by atoms with Crippen LogP contribution in [0, 0.1) is 0 Å². The number of nitrogens with zero attached hydrogens (tertiary/aromatic N) is 1. The summed E-state index contributed by atoms with van der Waals surface area (Å²) in [5.74, 6) is 2.50. The fourth-order valence-corrected chi connectivity index (χ4v) is 3.01. The molecule has 0 aliphatic carbocycles. The van der Waals surface area contributed by atoms with Crippen LogP contribution in [0.2, 0.25) is 0 Å². The molecule has 0 amide bonds. The second-order valence-corrected chi connectivity index (χ2v) is 4.45. The first kappa shape index (κ1) is 7.76. The molecule has 1 saturated heterocycles. The fraction of sp³-hybridized carbons (Fsp3) is 1.00. The van der Waals surface area contributed by atoms with E-state index in [-0.39, 0.29) is 0 Å². The van der Waals surface area contributed by atoms with Gasteiger partial charge < -0.3 is 0 Å². The molecule has 0 aromatic rings. The van der Waals surface area contributed by atoms with Gasteiger partial charge in [-0.1, -0.05) is 6.92 Å². The summed E-state index contributed by atoms with van der Waals surface area (Å²) in [6.07, 6.45) is 1.29. The number of hydrogen-bond acceptors (Lipinski definition) is 3. The molecular formula is C6H13NS2. The Bertz CT molecular complexity index is 68.7. The molecule has 3 heteroatoms. The van der Waals surface area contributed by atoms with Gasteiger partial charge in [0.15, 0.2) is 0 Å². The Morgan fingerprint density at radius 3 is 2.56 bits per heavy atom. The molecule has 0 aromatic heterocycles. The van der Waals surface area contributed by atoms with Gasteiger partial charge in [0.05, 0.1) is 0 Å². The van der Waals surface area contributed by atoms with Crippen molar-refractivity contribution in [1.29, 1.82) is 0 Å². The topological polar surface area (TPSA) is 3.24 Å². The Morgan fingerprint density at radius 1 is 1.33 bits per heavy atom. The maximum absolute atomic E-state index is 2.50. The maximum atomic E-state index is 2.50. The minimum atomic E-state index is 1.25. The fourth-order valence-electron chi connectivity index (χ4n) is 0.874. The van der Waals surface area contributed by atoms with Crippen molar-refractivity contribution in [1.82, 2.24) is 4.90 Å². The third-order valence-corrected chi connectivity index (χ3v) is 3.68. The molecule has 1 aliphatic heterocycles. The quantitative estimate of drug-likeness (QED) is 0.613. The second-order valence-electron chi connectivity index (χ2n) is 2.18. The molecule has 0 saturated carbocycles. The summed E-state index contributed by atoms with van der Waals surface area (Å²) in [5, 5.41) is 1.29. The molecule has 54 valence electrons. The lowest BCUT2D eigenvalue weighted by Crippen LogP contribution is -2.26. The predicted molar refractivity (Wildman–Crippen MR) is 46.8 cm³/mol. The van der Waals surface area contributed by atoms with E-state index in [0.29, 0.717) is 0 Å². The van der Waals surface area contributed by atoms with Crippen molar-refractivity contribution in [2.75, 3.05) is 23.4 Å². The van der Waals surface area contributed by atoms with Gasteiger partial charge in [0.2, 0.25) is 0 Å². The zero-order valence-corrected chi connectivity index (χ0v) is 7.43. The number of thioether (sulfide) groups is 2. The normalized spacial score (nSPS) is 22.3. The van der Waals surface area contributed by atoms with E-state index in [4.69, 9.17) is 0 Å². The molecule has 1 fully saturated rings. The zero-order chi connectivity index (χ0) is 6.53. The molecule has 0 N–H and O–H groups in total. The third-order valence-electron chi connectivity index (χ3n) is 1.25. The van der Waals surface area contributed by atoms with Gasteiger partial charge in [0.1, 0.15) is 0 Å². The van der Waals surface area contributed by atoms with Crippen molar-refractivity contribution >= 4 is 23.5 Å². The van der Waals surface area contributed by atoms with Crippen molar-refractivity contribution in [3.63, 3.8) is 0 Å². The van der Waals surface area contributed by atoms with Gasteiger partial charge in [-0.05, 0) is 13.0 Å². The van der Waals surface area contributed by atoms with Crippen molar-refractivity contribution < 1.29 is 0 Å². The summed E-state index contributed by atoms with van der Waals surface area (Å²) >= 11 is 4.06. The van der Waals surface area contributed by atoms with E-state index in [0.717, 1.165) is 0 Å². The first-order valence-corrected chi connectivity index (χ1v) is 5.62. The lowest BCUT2D eigenvalue weighted by atomic mass is 10.5. The lowest BCUT2D eigenvalue weighted by molar-refractivity contribution is 0.376. The Balaban J connectivity index is 2.08. The highest BCUT2D eigenvalue weighted by Gasteiger charge is 2.07. The van der Waals surface area contributed by atoms with Gasteiger partial charge in [-0.3, -0.25) is 4.90 Å². The average Bonchev–Trinajstić information content (AvgIpc) is 1.91. The number of hydrogen-bond donors (Lipinski definition) is 0. The first-order valence-electron chi connectivity index (χ1n) is 3.31. The van der Waals surface area contributed by atoms with E-state index in [1.165, 1.54) is 29.8 Å². The smallest absolute Gasteiger partial charge is 0.0460 e. The zero-order valence-electron chi connectivity index (χ0n) is 5.80. The first-order chi connectivity index (χ1) is 4.43. The average molecular weight is 163 g/mol. The standard InChI is InChI=1S/C6H13NS2/c1-2-3-7-4-8-6-9-5-7/h2-6H2,1H3. The molecule has 0 radical (unpaired) electrons. The van der Waals surface area contributed by atoms with Crippen LogP contribution in [0.3, 0.4) is 0 Å². The summed E-state index contributed by atoms with van der Waals surface area (Å²) in [4.78, 5) is 2.50. The van der Waals surface area contributed by atoms with Gasteiger partial charge in [0, 0.05) is 16.8 Å². The van der Waals surface area contributed by atoms with Crippen molar-refractivity contribution in [3.8, 4) is 0 Å². The summed E-state index contributed by atoms with van der Waals surface area (Å²) in [6, 6.07) is 0. The lowest BCUT2D eigenvalue weighted by Gasteiger charge is -2.24. The Morgan fingerprint density at radius 2 is 2.00 bits per heavy atom. The highest BCUT2D eigenvalue weighted by atomic mass is 32.2. The molecule has 1 heterocycles. The molecule has 1 aliphatic rings. The van der Waals surface area contributed by atoms with Crippen LogP contribution in [-0.4, -0.2) is 28.3 Å². The predicted octanol–water partition coefficient (Wildman–Crippen LogP) is 2.05. The summed E-state index contributed by atoms with van der Waals surface area (Å²) in [7, 11) is 0. The minimum absolute atomic E-state index is 1.25.